The Morgan fingerprint density at radius 2 is 1.87 bits per heavy atom. The maximum atomic E-state index is 4.14. The summed E-state index contributed by atoms with van der Waals surface area (Å²) in [5.74, 6) is 0. The monoisotopic (exact) mass is 196 g/mol. The SMILES string of the molecule is c1ccc(-c2nnn3cnccc23)cc1. The van der Waals surface area contributed by atoms with Crippen molar-refractivity contribution in [2.45, 2.75) is 0 Å². The van der Waals surface area contributed by atoms with Gasteiger partial charge in [0, 0.05) is 11.8 Å². The number of hydrogen-bond donors (Lipinski definition) is 0. The van der Waals surface area contributed by atoms with Crippen molar-refractivity contribution in [1.29, 1.82) is 0 Å². The molecule has 0 spiro atoms. The Morgan fingerprint density at radius 1 is 1.00 bits per heavy atom. The molecular formula is C11H8N4. The van der Waals surface area contributed by atoms with E-state index in [1.807, 2.05) is 36.4 Å². The number of fused-ring (bicyclic) bond motifs is 1. The molecule has 0 aliphatic rings. The minimum atomic E-state index is 0.887. The molecule has 2 heterocycles. The van der Waals surface area contributed by atoms with Crippen LogP contribution in [0.5, 0.6) is 0 Å². The molecule has 0 fully saturated rings. The molecule has 3 rings (SSSR count). The summed E-state index contributed by atoms with van der Waals surface area (Å²) in [5.41, 5.74) is 2.92. The zero-order valence-corrected chi connectivity index (χ0v) is 7.91. The van der Waals surface area contributed by atoms with Gasteiger partial charge < -0.3 is 0 Å². The standard InChI is InChI=1S/C11H8N4/c1-2-4-9(5-3-1)11-10-6-7-12-8-15(10)14-13-11/h1-8H. The fourth-order valence-corrected chi connectivity index (χ4v) is 1.56. The fourth-order valence-electron chi connectivity index (χ4n) is 1.56. The van der Waals surface area contributed by atoms with Crippen LogP contribution in [0.25, 0.3) is 16.8 Å². The van der Waals surface area contributed by atoms with Crippen molar-refractivity contribution >= 4 is 5.52 Å². The van der Waals surface area contributed by atoms with Crippen molar-refractivity contribution in [3.05, 3.63) is 48.9 Å². The van der Waals surface area contributed by atoms with Gasteiger partial charge in [0.05, 0.1) is 5.52 Å². The van der Waals surface area contributed by atoms with Crippen molar-refractivity contribution in [1.82, 2.24) is 19.8 Å². The van der Waals surface area contributed by atoms with Crippen LogP contribution in [-0.4, -0.2) is 19.8 Å². The van der Waals surface area contributed by atoms with Crippen LogP contribution >= 0.6 is 0 Å². The number of nitrogens with zero attached hydrogens (tertiary/aromatic N) is 4. The van der Waals surface area contributed by atoms with E-state index in [1.165, 1.54) is 0 Å². The Bertz CT molecular complexity index is 586. The van der Waals surface area contributed by atoms with Gasteiger partial charge in [-0.15, -0.1) is 5.10 Å². The molecule has 4 heteroatoms. The second-order valence-corrected chi connectivity index (χ2v) is 3.21. The highest BCUT2D eigenvalue weighted by molar-refractivity contribution is 5.75. The van der Waals surface area contributed by atoms with E-state index in [0.29, 0.717) is 0 Å². The highest BCUT2D eigenvalue weighted by Gasteiger charge is 2.06. The van der Waals surface area contributed by atoms with Crippen LogP contribution in [0.4, 0.5) is 0 Å². The maximum absolute atomic E-state index is 4.14. The first kappa shape index (κ1) is 8.11. The Kier molecular flexibility index (Phi) is 1.71. The number of rotatable bonds is 1. The molecule has 4 nitrogen and oxygen atoms in total. The number of aromatic nitrogens is 4. The summed E-state index contributed by atoms with van der Waals surface area (Å²) in [5, 5.41) is 8.14. The fraction of sp³-hybridized carbons (Fsp3) is 0. The molecule has 1 aromatic carbocycles. The van der Waals surface area contributed by atoms with Crippen LogP contribution in [0.1, 0.15) is 0 Å². The molecule has 0 saturated carbocycles. The first-order valence-corrected chi connectivity index (χ1v) is 4.65. The van der Waals surface area contributed by atoms with Crippen LogP contribution < -0.4 is 0 Å². The second kappa shape index (κ2) is 3.16. The largest absolute Gasteiger partial charge is 0.245 e. The minimum Gasteiger partial charge on any atom is -0.245 e. The molecule has 72 valence electrons. The lowest BCUT2D eigenvalue weighted by Crippen LogP contribution is -1.86. The zero-order chi connectivity index (χ0) is 10.1. The average Bonchev–Trinajstić information content (AvgIpc) is 2.74. The van der Waals surface area contributed by atoms with E-state index in [4.69, 9.17) is 0 Å². The molecule has 0 bridgehead atoms. The van der Waals surface area contributed by atoms with Crippen LogP contribution in [0, 0.1) is 0 Å². The minimum absolute atomic E-state index is 0.887. The predicted molar refractivity (Wildman–Crippen MR) is 56.2 cm³/mol. The summed E-state index contributed by atoms with van der Waals surface area (Å²) in [6.45, 7) is 0. The molecular weight excluding hydrogens is 188 g/mol. The molecule has 0 radical (unpaired) electrons. The normalized spacial score (nSPS) is 10.7. The molecule has 15 heavy (non-hydrogen) atoms. The average molecular weight is 196 g/mol. The lowest BCUT2D eigenvalue weighted by molar-refractivity contribution is 0.836. The highest BCUT2D eigenvalue weighted by Crippen LogP contribution is 2.20. The third kappa shape index (κ3) is 1.27. The maximum Gasteiger partial charge on any atom is 0.120 e. The Morgan fingerprint density at radius 3 is 2.73 bits per heavy atom. The summed E-state index contributed by atoms with van der Waals surface area (Å²) in [6.07, 6.45) is 3.39. The van der Waals surface area contributed by atoms with E-state index in [9.17, 15) is 0 Å². The van der Waals surface area contributed by atoms with Gasteiger partial charge in [-0.05, 0) is 6.07 Å². The van der Waals surface area contributed by atoms with Gasteiger partial charge in [-0.2, -0.15) is 0 Å². The third-order valence-corrected chi connectivity index (χ3v) is 2.27. The molecule has 2 aromatic heterocycles. The van der Waals surface area contributed by atoms with Crippen LogP contribution in [0.15, 0.2) is 48.9 Å². The summed E-state index contributed by atoms with van der Waals surface area (Å²) in [6, 6.07) is 11.9. The van der Waals surface area contributed by atoms with Gasteiger partial charge in [0.25, 0.3) is 0 Å². The first-order valence-electron chi connectivity index (χ1n) is 4.65. The molecule has 3 aromatic rings. The molecule has 0 atom stereocenters. The van der Waals surface area contributed by atoms with E-state index >= 15 is 0 Å². The molecule has 0 aliphatic carbocycles. The Hall–Kier alpha value is -2.23. The van der Waals surface area contributed by atoms with Gasteiger partial charge >= 0.3 is 0 Å². The van der Waals surface area contributed by atoms with E-state index in [0.717, 1.165) is 16.8 Å². The Balaban J connectivity index is 2.28. The quantitative estimate of drug-likeness (QED) is 0.596. The molecule has 0 saturated heterocycles. The second-order valence-electron chi connectivity index (χ2n) is 3.21. The third-order valence-electron chi connectivity index (χ3n) is 2.27. The number of hydrogen-bond acceptors (Lipinski definition) is 3. The van der Waals surface area contributed by atoms with Crippen molar-refractivity contribution in [3.63, 3.8) is 0 Å². The zero-order valence-electron chi connectivity index (χ0n) is 7.91. The Labute approximate surface area is 86.2 Å². The summed E-state index contributed by atoms with van der Waals surface area (Å²) in [7, 11) is 0. The van der Waals surface area contributed by atoms with Crippen molar-refractivity contribution in [2.24, 2.45) is 0 Å². The van der Waals surface area contributed by atoms with Gasteiger partial charge in [0.15, 0.2) is 0 Å². The smallest absolute Gasteiger partial charge is 0.120 e. The molecule has 0 unspecified atom stereocenters. The molecule has 0 N–H and O–H groups in total. The number of benzene rings is 1. The van der Waals surface area contributed by atoms with Crippen LogP contribution in [0.3, 0.4) is 0 Å². The summed E-state index contributed by atoms with van der Waals surface area (Å²) < 4.78 is 1.67. The van der Waals surface area contributed by atoms with Crippen molar-refractivity contribution in [2.75, 3.05) is 0 Å². The van der Waals surface area contributed by atoms with Gasteiger partial charge in [-0.25, -0.2) is 9.50 Å². The lowest BCUT2D eigenvalue weighted by atomic mass is 10.1. The first-order chi connectivity index (χ1) is 7.45. The van der Waals surface area contributed by atoms with Crippen LogP contribution in [0.2, 0.25) is 0 Å². The van der Waals surface area contributed by atoms with Gasteiger partial charge in [0.2, 0.25) is 0 Å². The van der Waals surface area contributed by atoms with Crippen molar-refractivity contribution in [3.8, 4) is 11.3 Å². The summed E-state index contributed by atoms with van der Waals surface area (Å²) >= 11 is 0. The van der Waals surface area contributed by atoms with E-state index in [1.54, 1.807) is 17.0 Å². The van der Waals surface area contributed by atoms with E-state index in [-0.39, 0.29) is 0 Å². The van der Waals surface area contributed by atoms with E-state index < -0.39 is 0 Å². The lowest BCUT2D eigenvalue weighted by Gasteiger charge is -1.95. The van der Waals surface area contributed by atoms with Crippen LogP contribution in [-0.2, 0) is 0 Å². The van der Waals surface area contributed by atoms with Crippen molar-refractivity contribution < 1.29 is 0 Å². The topological polar surface area (TPSA) is 43.1 Å². The van der Waals surface area contributed by atoms with Gasteiger partial charge in [-0.3, -0.25) is 0 Å². The van der Waals surface area contributed by atoms with E-state index in [2.05, 4.69) is 15.3 Å². The van der Waals surface area contributed by atoms with Gasteiger partial charge in [0.1, 0.15) is 12.0 Å². The molecule has 0 aliphatic heterocycles. The predicted octanol–water partition coefficient (Wildman–Crippen LogP) is 1.79. The van der Waals surface area contributed by atoms with Gasteiger partial charge in [-0.1, -0.05) is 35.5 Å². The molecule has 0 amide bonds. The summed E-state index contributed by atoms with van der Waals surface area (Å²) in [4.78, 5) is 3.98. The highest BCUT2D eigenvalue weighted by atomic mass is 15.4.